The molecule has 0 amide bonds. The van der Waals surface area contributed by atoms with E-state index < -0.39 is 0 Å². The van der Waals surface area contributed by atoms with Gasteiger partial charge in [-0.25, -0.2) is 0 Å². The van der Waals surface area contributed by atoms with Crippen LogP contribution in [0.5, 0.6) is 11.5 Å². The van der Waals surface area contributed by atoms with E-state index in [0.717, 1.165) is 16.9 Å². The van der Waals surface area contributed by atoms with Crippen molar-refractivity contribution in [3.63, 3.8) is 0 Å². The predicted molar refractivity (Wildman–Crippen MR) is 145 cm³/mol. The quantitative estimate of drug-likeness (QED) is 0.305. The van der Waals surface area contributed by atoms with Gasteiger partial charge in [0.1, 0.15) is 18.7 Å². The highest BCUT2D eigenvalue weighted by Crippen LogP contribution is 2.47. The van der Waals surface area contributed by atoms with Gasteiger partial charge in [0.15, 0.2) is 23.0 Å². The maximum Gasteiger partial charge on any atom is 0.309 e. The Balaban J connectivity index is 1.33. The lowest BCUT2D eigenvalue weighted by molar-refractivity contribution is -0.148. The number of rotatable bonds is 5. The molecule has 1 aromatic heterocycles. The summed E-state index contributed by atoms with van der Waals surface area (Å²) in [7, 11) is 0. The topological polar surface area (TPSA) is 103 Å². The average Bonchev–Trinajstić information content (AvgIpc) is 3.42. The molecule has 4 aromatic rings. The molecule has 0 saturated carbocycles. The Kier molecular flexibility index (Phi) is 5.65. The van der Waals surface area contributed by atoms with Crippen molar-refractivity contribution in [3.8, 4) is 22.8 Å². The zero-order chi connectivity index (χ0) is 26.5. The predicted octanol–water partition coefficient (Wildman–Crippen LogP) is 5.33. The van der Waals surface area contributed by atoms with Crippen LogP contribution in [0.4, 0.5) is 17.1 Å². The first-order valence-electron chi connectivity index (χ1n) is 13.3. The third-order valence-electron chi connectivity index (χ3n) is 7.66. The van der Waals surface area contributed by atoms with Crippen LogP contribution in [0.1, 0.15) is 35.7 Å². The summed E-state index contributed by atoms with van der Waals surface area (Å²) < 4.78 is 22.6. The number of carbonyl (C=O) groups excluding carboxylic acids is 2. The van der Waals surface area contributed by atoms with Crippen molar-refractivity contribution in [2.75, 3.05) is 43.1 Å². The molecule has 1 aliphatic carbocycles. The SMILES string of the molecule is CCOC(=O)C1CCN(c2cc(Nc3ccc4c(c3)OCCO4)c3c4c(onc24)-c2ccccc2C3=O)CC1. The summed E-state index contributed by atoms with van der Waals surface area (Å²) in [6.07, 6.45) is 1.36. The van der Waals surface area contributed by atoms with E-state index >= 15 is 0 Å². The Morgan fingerprint density at radius 2 is 1.82 bits per heavy atom. The van der Waals surface area contributed by atoms with Crippen LogP contribution in [0.15, 0.2) is 53.1 Å². The number of nitrogens with zero attached hydrogens (tertiary/aromatic N) is 2. The fourth-order valence-electron chi connectivity index (χ4n) is 5.77. The van der Waals surface area contributed by atoms with Gasteiger partial charge < -0.3 is 29.0 Å². The summed E-state index contributed by atoms with van der Waals surface area (Å²) in [5.41, 5.74) is 4.78. The van der Waals surface area contributed by atoms with E-state index in [1.807, 2.05) is 55.5 Å². The van der Waals surface area contributed by atoms with Crippen LogP contribution in [0.3, 0.4) is 0 Å². The molecule has 1 saturated heterocycles. The van der Waals surface area contributed by atoms with E-state index in [-0.39, 0.29) is 17.7 Å². The first-order chi connectivity index (χ1) is 19.1. The summed E-state index contributed by atoms with van der Waals surface area (Å²) in [6.45, 7) is 4.53. The summed E-state index contributed by atoms with van der Waals surface area (Å²) in [5.74, 6) is 1.60. The molecule has 3 heterocycles. The second-order valence-corrected chi connectivity index (χ2v) is 9.93. The van der Waals surface area contributed by atoms with Gasteiger partial charge >= 0.3 is 5.97 Å². The maximum absolute atomic E-state index is 13.9. The number of fused-ring (bicyclic) bond motifs is 3. The molecule has 1 N–H and O–H groups in total. The van der Waals surface area contributed by atoms with E-state index in [2.05, 4.69) is 15.4 Å². The van der Waals surface area contributed by atoms with Gasteiger partial charge in [-0.2, -0.15) is 0 Å². The Morgan fingerprint density at radius 3 is 2.62 bits per heavy atom. The highest BCUT2D eigenvalue weighted by Gasteiger charge is 2.35. The van der Waals surface area contributed by atoms with Crippen molar-refractivity contribution in [2.24, 2.45) is 5.92 Å². The van der Waals surface area contributed by atoms with Crippen LogP contribution in [0.2, 0.25) is 0 Å². The second kappa shape index (κ2) is 9.34. The van der Waals surface area contributed by atoms with Gasteiger partial charge in [-0.1, -0.05) is 29.4 Å². The number of piperidine rings is 1. The number of carbonyl (C=O) groups is 2. The minimum Gasteiger partial charge on any atom is -0.486 e. The fraction of sp³-hybridized carbons (Fsp3) is 0.300. The minimum atomic E-state index is -0.140. The molecular weight excluding hydrogens is 498 g/mol. The third kappa shape index (κ3) is 3.88. The van der Waals surface area contributed by atoms with Crippen molar-refractivity contribution < 1.29 is 28.3 Å². The highest BCUT2D eigenvalue weighted by molar-refractivity contribution is 6.28. The molecule has 3 aromatic carbocycles. The molecule has 0 spiro atoms. The lowest BCUT2D eigenvalue weighted by atomic mass is 9.86. The van der Waals surface area contributed by atoms with E-state index in [1.54, 1.807) is 0 Å². The maximum atomic E-state index is 13.9. The lowest BCUT2D eigenvalue weighted by Crippen LogP contribution is -2.37. The molecule has 7 rings (SSSR count). The number of benzene rings is 3. The Morgan fingerprint density at radius 1 is 1.05 bits per heavy atom. The van der Waals surface area contributed by atoms with Crippen LogP contribution >= 0.6 is 0 Å². The molecule has 3 aliphatic rings. The van der Waals surface area contributed by atoms with E-state index in [0.29, 0.717) is 90.7 Å². The standard InChI is InChI=1S/C30H27N3O6/c1-2-36-30(35)17-9-11-33(12-10-17)22-16-21(31-18-7-8-23-24(15-18)38-14-13-37-23)25-26-27(22)32-39-29(26)20-6-4-3-5-19(20)28(25)34/h3-8,15-17,31H,2,9-14H2,1H3. The first-order valence-corrected chi connectivity index (χ1v) is 13.3. The number of aromatic nitrogens is 1. The molecule has 1 fully saturated rings. The van der Waals surface area contributed by atoms with E-state index in [9.17, 15) is 9.59 Å². The van der Waals surface area contributed by atoms with Gasteiger partial charge in [0, 0.05) is 36.0 Å². The summed E-state index contributed by atoms with van der Waals surface area (Å²) in [6, 6.07) is 15.1. The first kappa shape index (κ1) is 23.6. The van der Waals surface area contributed by atoms with Gasteiger partial charge in [0.05, 0.1) is 34.8 Å². The van der Waals surface area contributed by atoms with Crippen molar-refractivity contribution in [1.29, 1.82) is 0 Å². The van der Waals surface area contributed by atoms with Crippen LogP contribution in [-0.2, 0) is 9.53 Å². The smallest absolute Gasteiger partial charge is 0.309 e. The second-order valence-electron chi connectivity index (χ2n) is 9.93. The highest BCUT2D eigenvalue weighted by atomic mass is 16.6. The third-order valence-corrected chi connectivity index (χ3v) is 7.66. The van der Waals surface area contributed by atoms with Gasteiger partial charge in [-0.3, -0.25) is 9.59 Å². The van der Waals surface area contributed by atoms with Crippen molar-refractivity contribution in [1.82, 2.24) is 5.16 Å². The van der Waals surface area contributed by atoms with Crippen LogP contribution in [-0.4, -0.2) is 49.8 Å². The normalized spacial score (nSPS) is 16.2. The summed E-state index contributed by atoms with van der Waals surface area (Å²) in [5, 5.41) is 8.64. The Hall–Kier alpha value is -4.53. The molecule has 39 heavy (non-hydrogen) atoms. The molecule has 0 radical (unpaired) electrons. The summed E-state index contributed by atoms with van der Waals surface area (Å²) >= 11 is 0. The van der Waals surface area contributed by atoms with Crippen molar-refractivity contribution in [3.05, 3.63) is 59.7 Å². The number of nitrogens with one attached hydrogen (secondary N) is 1. The van der Waals surface area contributed by atoms with E-state index in [4.69, 9.17) is 18.7 Å². The van der Waals surface area contributed by atoms with E-state index in [1.165, 1.54) is 0 Å². The average molecular weight is 526 g/mol. The number of ketones is 1. The lowest BCUT2D eigenvalue weighted by Gasteiger charge is -2.33. The Bertz CT molecular complexity index is 1620. The minimum absolute atomic E-state index is 0.0843. The molecule has 0 atom stereocenters. The number of ether oxygens (including phenoxy) is 3. The molecule has 0 bridgehead atoms. The van der Waals surface area contributed by atoms with Gasteiger partial charge in [0.2, 0.25) is 0 Å². The Labute approximate surface area is 224 Å². The van der Waals surface area contributed by atoms with Gasteiger partial charge in [-0.05, 0) is 38.0 Å². The molecular formula is C30H27N3O6. The molecule has 0 unspecified atom stereocenters. The van der Waals surface area contributed by atoms with Crippen LogP contribution < -0.4 is 19.7 Å². The zero-order valence-corrected chi connectivity index (χ0v) is 21.5. The zero-order valence-electron chi connectivity index (χ0n) is 21.5. The molecule has 9 nitrogen and oxygen atoms in total. The number of hydrogen-bond acceptors (Lipinski definition) is 9. The van der Waals surface area contributed by atoms with Crippen molar-refractivity contribution >= 4 is 39.7 Å². The largest absolute Gasteiger partial charge is 0.486 e. The molecule has 198 valence electrons. The molecule has 2 aliphatic heterocycles. The van der Waals surface area contributed by atoms with Gasteiger partial charge in [0.25, 0.3) is 0 Å². The number of esters is 1. The van der Waals surface area contributed by atoms with Crippen LogP contribution in [0, 0.1) is 5.92 Å². The van der Waals surface area contributed by atoms with Gasteiger partial charge in [-0.15, -0.1) is 0 Å². The van der Waals surface area contributed by atoms with Crippen molar-refractivity contribution in [2.45, 2.75) is 19.8 Å². The van der Waals surface area contributed by atoms with Crippen LogP contribution in [0.25, 0.3) is 22.2 Å². The molecule has 9 heteroatoms. The monoisotopic (exact) mass is 525 g/mol. The number of anilines is 3. The number of hydrogen-bond donors (Lipinski definition) is 1. The fourth-order valence-corrected chi connectivity index (χ4v) is 5.77. The summed E-state index contributed by atoms with van der Waals surface area (Å²) in [4.78, 5) is 28.4.